The summed E-state index contributed by atoms with van der Waals surface area (Å²) in [6.45, 7) is 9.15. The van der Waals surface area contributed by atoms with Crippen molar-refractivity contribution in [3.63, 3.8) is 0 Å². The molecule has 0 bridgehead atoms. The topological polar surface area (TPSA) is 47.0 Å². The molecule has 1 N–H and O–H groups in total. The van der Waals surface area contributed by atoms with Gasteiger partial charge in [0.1, 0.15) is 11.4 Å². The Labute approximate surface area is 136 Å². The Morgan fingerprint density at radius 3 is 2.25 bits per heavy atom. The molecule has 0 aromatic carbocycles. The van der Waals surface area contributed by atoms with Crippen LogP contribution in [0.3, 0.4) is 0 Å². The van der Waals surface area contributed by atoms with E-state index in [0.29, 0.717) is 6.61 Å². The summed E-state index contributed by atoms with van der Waals surface area (Å²) in [4.78, 5) is 9.53. The van der Waals surface area contributed by atoms with Crippen LogP contribution in [0, 0.1) is 3.57 Å². The third kappa shape index (κ3) is 3.61. The zero-order valence-electron chi connectivity index (χ0n) is 13.2. The van der Waals surface area contributed by atoms with Gasteiger partial charge in [-0.2, -0.15) is 0 Å². The van der Waals surface area contributed by atoms with Crippen LogP contribution in [0.5, 0.6) is 0 Å². The molecule has 4 nitrogen and oxygen atoms in total. The van der Waals surface area contributed by atoms with Crippen LogP contribution in [0.4, 0.5) is 5.82 Å². The number of hydrogen-bond donors (Lipinski definition) is 1. The van der Waals surface area contributed by atoms with Gasteiger partial charge < -0.3 is 10.1 Å². The van der Waals surface area contributed by atoms with Gasteiger partial charge in [0, 0.05) is 13.7 Å². The molecule has 1 aromatic heterocycles. The molecule has 0 unspecified atom stereocenters. The zero-order valence-corrected chi connectivity index (χ0v) is 15.4. The van der Waals surface area contributed by atoms with Crippen LogP contribution < -0.4 is 5.32 Å². The van der Waals surface area contributed by atoms with E-state index in [4.69, 9.17) is 14.7 Å². The first-order chi connectivity index (χ1) is 9.58. The summed E-state index contributed by atoms with van der Waals surface area (Å²) in [7, 11) is 1.91. The zero-order chi connectivity index (χ0) is 15.2. The van der Waals surface area contributed by atoms with E-state index in [2.05, 4.69) is 48.7 Å². The van der Waals surface area contributed by atoms with Crippen molar-refractivity contribution >= 4 is 28.4 Å². The standard InChI is InChI=1S/C15H26IN3O/c1-6-10-11-12(16)13(17-5)19-14(18-11)15(7-2,8-3)20-9-4/h6-10H2,1-5H3,(H,17,18,19). The number of hydrogen-bond acceptors (Lipinski definition) is 4. The first-order valence-corrected chi connectivity index (χ1v) is 8.54. The summed E-state index contributed by atoms with van der Waals surface area (Å²) >= 11 is 2.33. The fourth-order valence-electron chi connectivity index (χ4n) is 2.38. The van der Waals surface area contributed by atoms with E-state index < -0.39 is 0 Å². The molecule has 1 rings (SSSR count). The Hall–Kier alpha value is -0.430. The van der Waals surface area contributed by atoms with Crippen LogP contribution in [0.2, 0.25) is 0 Å². The lowest BCUT2D eigenvalue weighted by Crippen LogP contribution is -2.32. The summed E-state index contributed by atoms with van der Waals surface area (Å²) in [5, 5.41) is 3.18. The monoisotopic (exact) mass is 391 g/mol. The van der Waals surface area contributed by atoms with Crippen molar-refractivity contribution in [3.05, 3.63) is 15.1 Å². The van der Waals surface area contributed by atoms with Gasteiger partial charge in [-0.05, 0) is 48.8 Å². The number of halogens is 1. The Morgan fingerprint density at radius 1 is 1.15 bits per heavy atom. The molecule has 20 heavy (non-hydrogen) atoms. The predicted octanol–water partition coefficient (Wildman–Crippen LogP) is 4.13. The van der Waals surface area contributed by atoms with E-state index in [-0.39, 0.29) is 5.60 Å². The first-order valence-electron chi connectivity index (χ1n) is 7.47. The van der Waals surface area contributed by atoms with Gasteiger partial charge in [-0.3, -0.25) is 0 Å². The highest BCUT2D eigenvalue weighted by atomic mass is 127. The summed E-state index contributed by atoms with van der Waals surface area (Å²) in [6.07, 6.45) is 3.81. The van der Waals surface area contributed by atoms with Crippen molar-refractivity contribution in [1.82, 2.24) is 9.97 Å². The highest BCUT2D eigenvalue weighted by Gasteiger charge is 2.33. The highest BCUT2D eigenvalue weighted by molar-refractivity contribution is 14.1. The Kier molecular flexibility index (Phi) is 7.15. The molecule has 0 saturated carbocycles. The normalized spacial score (nSPS) is 11.7. The van der Waals surface area contributed by atoms with Crippen molar-refractivity contribution in [2.45, 2.75) is 59.0 Å². The fourth-order valence-corrected chi connectivity index (χ4v) is 3.16. The van der Waals surface area contributed by atoms with E-state index in [1.807, 2.05) is 14.0 Å². The highest BCUT2D eigenvalue weighted by Crippen LogP contribution is 2.33. The Morgan fingerprint density at radius 2 is 1.80 bits per heavy atom. The van der Waals surface area contributed by atoms with E-state index in [9.17, 15) is 0 Å². The Bertz CT molecular complexity index is 433. The molecule has 0 aliphatic rings. The minimum absolute atomic E-state index is 0.368. The van der Waals surface area contributed by atoms with Crippen molar-refractivity contribution in [3.8, 4) is 0 Å². The molecule has 0 saturated heterocycles. The molecule has 0 fully saturated rings. The molecule has 0 aliphatic heterocycles. The maximum Gasteiger partial charge on any atom is 0.162 e. The van der Waals surface area contributed by atoms with Gasteiger partial charge in [-0.1, -0.05) is 27.2 Å². The van der Waals surface area contributed by atoms with Gasteiger partial charge in [0.05, 0.1) is 9.26 Å². The number of nitrogens with one attached hydrogen (secondary N) is 1. The summed E-state index contributed by atoms with van der Waals surface area (Å²) < 4.78 is 7.15. The number of aromatic nitrogens is 2. The number of ether oxygens (including phenoxy) is 1. The van der Waals surface area contributed by atoms with E-state index in [1.54, 1.807) is 0 Å². The van der Waals surface area contributed by atoms with Gasteiger partial charge in [-0.25, -0.2) is 9.97 Å². The first kappa shape index (κ1) is 17.6. The molecule has 114 valence electrons. The van der Waals surface area contributed by atoms with Crippen molar-refractivity contribution < 1.29 is 4.74 Å². The maximum atomic E-state index is 6.03. The quantitative estimate of drug-likeness (QED) is 0.677. The minimum atomic E-state index is -0.368. The average Bonchev–Trinajstić information content (AvgIpc) is 2.47. The Balaban J connectivity index is 3.38. The van der Waals surface area contributed by atoms with Crippen LogP contribution in [0.15, 0.2) is 0 Å². The molecule has 0 aliphatic carbocycles. The second-order valence-corrected chi connectivity index (χ2v) is 5.87. The molecule has 5 heteroatoms. The maximum absolute atomic E-state index is 6.03. The lowest BCUT2D eigenvalue weighted by Gasteiger charge is -2.30. The predicted molar refractivity (Wildman–Crippen MR) is 92.2 cm³/mol. The second kappa shape index (κ2) is 8.12. The van der Waals surface area contributed by atoms with Gasteiger partial charge in [0.25, 0.3) is 0 Å². The van der Waals surface area contributed by atoms with E-state index in [1.165, 1.54) is 0 Å². The van der Waals surface area contributed by atoms with Gasteiger partial charge in [-0.15, -0.1) is 0 Å². The molecule has 0 atom stereocenters. The summed E-state index contributed by atoms with van der Waals surface area (Å²) in [6, 6.07) is 0. The van der Waals surface area contributed by atoms with Crippen LogP contribution in [0.25, 0.3) is 0 Å². The fraction of sp³-hybridized carbons (Fsp3) is 0.733. The second-order valence-electron chi connectivity index (χ2n) is 4.79. The van der Waals surface area contributed by atoms with E-state index >= 15 is 0 Å². The van der Waals surface area contributed by atoms with Crippen molar-refractivity contribution in [1.29, 1.82) is 0 Å². The molecule has 0 radical (unpaired) electrons. The summed E-state index contributed by atoms with van der Waals surface area (Å²) in [5.41, 5.74) is 0.751. The average molecular weight is 391 g/mol. The van der Waals surface area contributed by atoms with Crippen molar-refractivity contribution in [2.75, 3.05) is 19.0 Å². The number of anilines is 1. The number of rotatable bonds is 8. The molecule has 1 aromatic rings. The SMILES string of the molecule is CCCc1nc(C(CC)(CC)OCC)nc(NC)c1I. The van der Waals surface area contributed by atoms with Gasteiger partial charge in [0.2, 0.25) is 0 Å². The van der Waals surface area contributed by atoms with Gasteiger partial charge >= 0.3 is 0 Å². The third-order valence-electron chi connectivity index (χ3n) is 3.61. The smallest absolute Gasteiger partial charge is 0.162 e. The van der Waals surface area contributed by atoms with Crippen molar-refractivity contribution in [2.24, 2.45) is 0 Å². The number of aryl methyl sites for hydroxylation is 1. The molecule has 1 heterocycles. The van der Waals surface area contributed by atoms with Crippen LogP contribution >= 0.6 is 22.6 Å². The molecular weight excluding hydrogens is 365 g/mol. The minimum Gasteiger partial charge on any atom is -0.372 e. The van der Waals surface area contributed by atoms with Crippen LogP contribution in [-0.2, 0) is 16.8 Å². The van der Waals surface area contributed by atoms with Crippen LogP contribution in [-0.4, -0.2) is 23.6 Å². The number of nitrogens with zero attached hydrogens (tertiary/aromatic N) is 2. The van der Waals surface area contributed by atoms with E-state index in [0.717, 1.165) is 46.6 Å². The van der Waals surface area contributed by atoms with Gasteiger partial charge in [0.15, 0.2) is 5.82 Å². The molecule has 0 amide bonds. The third-order valence-corrected chi connectivity index (χ3v) is 4.75. The summed E-state index contributed by atoms with van der Waals surface area (Å²) in [5.74, 6) is 1.72. The van der Waals surface area contributed by atoms with Crippen LogP contribution in [0.1, 0.15) is 58.5 Å². The largest absolute Gasteiger partial charge is 0.372 e. The molecule has 0 spiro atoms. The lowest BCUT2D eigenvalue weighted by atomic mass is 9.95. The lowest BCUT2D eigenvalue weighted by molar-refractivity contribution is -0.0572. The molecular formula is C15H26IN3O.